The summed E-state index contributed by atoms with van der Waals surface area (Å²) >= 11 is 3.11. The lowest BCUT2D eigenvalue weighted by Gasteiger charge is -2.02. The van der Waals surface area contributed by atoms with Gasteiger partial charge in [-0.25, -0.2) is 4.39 Å². The van der Waals surface area contributed by atoms with Crippen molar-refractivity contribution in [1.82, 2.24) is 10.2 Å². The van der Waals surface area contributed by atoms with Crippen LogP contribution < -0.4 is 5.73 Å². The molecule has 0 aliphatic carbocycles. The third-order valence-corrected chi connectivity index (χ3v) is 2.52. The Morgan fingerprint density at radius 1 is 1.36 bits per heavy atom. The Morgan fingerprint density at radius 2 is 2.14 bits per heavy atom. The highest BCUT2D eigenvalue weighted by molar-refractivity contribution is 9.10. The number of aromatic nitrogens is 2. The van der Waals surface area contributed by atoms with Crippen LogP contribution in [0.1, 0.15) is 0 Å². The SMILES string of the molecule is Nc1[nH]ncc1-c1cccc(Br)c1F. The summed E-state index contributed by atoms with van der Waals surface area (Å²) in [4.78, 5) is 0. The molecule has 0 fully saturated rings. The molecule has 0 aliphatic rings. The van der Waals surface area contributed by atoms with Crippen LogP contribution in [0.3, 0.4) is 0 Å². The molecule has 0 amide bonds. The van der Waals surface area contributed by atoms with Crippen molar-refractivity contribution in [2.75, 3.05) is 5.73 Å². The minimum Gasteiger partial charge on any atom is -0.384 e. The first-order valence-corrected chi connectivity index (χ1v) is 4.72. The van der Waals surface area contributed by atoms with E-state index in [0.29, 0.717) is 21.4 Å². The fourth-order valence-electron chi connectivity index (χ4n) is 1.22. The predicted octanol–water partition coefficient (Wildman–Crippen LogP) is 2.56. The molecule has 0 saturated carbocycles. The van der Waals surface area contributed by atoms with Gasteiger partial charge < -0.3 is 5.73 Å². The molecule has 72 valence electrons. The smallest absolute Gasteiger partial charge is 0.145 e. The Bertz CT molecular complexity index is 467. The lowest BCUT2D eigenvalue weighted by Crippen LogP contribution is -1.90. The van der Waals surface area contributed by atoms with Gasteiger partial charge in [0.25, 0.3) is 0 Å². The second-order valence-electron chi connectivity index (χ2n) is 2.80. The van der Waals surface area contributed by atoms with Crippen LogP contribution in [0.5, 0.6) is 0 Å². The molecule has 2 aromatic rings. The summed E-state index contributed by atoms with van der Waals surface area (Å²) in [7, 11) is 0. The van der Waals surface area contributed by atoms with Crippen molar-refractivity contribution in [2.24, 2.45) is 0 Å². The number of hydrogen-bond donors (Lipinski definition) is 2. The van der Waals surface area contributed by atoms with Crippen LogP contribution in [0.25, 0.3) is 11.1 Å². The highest BCUT2D eigenvalue weighted by atomic mass is 79.9. The van der Waals surface area contributed by atoms with E-state index in [1.54, 1.807) is 18.2 Å². The average Bonchev–Trinajstić information content (AvgIpc) is 2.57. The van der Waals surface area contributed by atoms with Gasteiger partial charge in [-0.15, -0.1) is 0 Å². The molecule has 1 aromatic carbocycles. The quantitative estimate of drug-likeness (QED) is 0.823. The number of H-pyrrole nitrogens is 1. The molecule has 2 rings (SSSR count). The number of rotatable bonds is 1. The topological polar surface area (TPSA) is 54.7 Å². The molecule has 3 N–H and O–H groups in total. The standard InChI is InChI=1S/C9H7BrFN3/c10-7-3-1-2-5(8(7)11)6-4-13-14-9(6)12/h1-4H,(H3,12,13,14). The Hall–Kier alpha value is -1.36. The van der Waals surface area contributed by atoms with E-state index in [1.165, 1.54) is 6.20 Å². The normalized spacial score (nSPS) is 10.4. The largest absolute Gasteiger partial charge is 0.384 e. The van der Waals surface area contributed by atoms with Gasteiger partial charge in [0, 0.05) is 11.1 Å². The first-order chi connectivity index (χ1) is 6.70. The molecule has 0 bridgehead atoms. The van der Waals surface area contributed by atoms with Gasteiger partial charge in [0.15, 0.2) is 0 Å². The fraction of sp³-hybridized carbons (Fsp3) is 0. The van der Waals surface area contributed by atoms with E-state index >= 15 is 0 Å². The van der Waals surface area contributed by atoms with E-state index in [9.17, 15) is 4.39 Å². The molecule has 0 spiro atoms. The number of hydrogen-bond acceptors (Lipinski definition) is 2. The van der Waals surface area contributed by atoms with E-state index < -0.39 is 0 Å². The minimum absolute atomic E-state index is 0.333. The Morgan fingerprint density at radius 3 is 2.79 bits per heavy atom. The van der Waals surface area contributed by atoms with Crippen molar-refractivity contribution in [1.29, 1.82) is 0 Å². The van der Waals surface area contributed by atoms with E-state index in [2.05, 4.69) is 26.1 Å². The third kappa shape index (κ3) is 1.39. The van der Waals surface area contributed by atoms with Crippen molar-refractivity contribution in [3.63, 3.8) is 0 Å². The second kappa shape index (κ2) is 3.42. The molecule has 5 heteroatoms. The zero-order chi connectivity index (χ0) is 10.1. The van der Waals surface area contributed by atoms with Crippen LogP contribution in [0.4, 0.5) is 10.2 Å². The van der Waals surface area contributed by atoms with E-state index in [4.69, 9.17) is 5.73 Å². The summed E-state index contributed by atoms with van der Waals surface area (Å²) in [6, 6.07) is 5.03. The molecule has 0 aliphatic heterocycles. The van der Waals surface area contributed by atoms with E-state index in [-0.39, 0.29) is 5.82 Å². The first kappa shape index (κ1) is 9.21. The number of anilines is 1. The van der Waals surface area contributed by atoms with Gasteiger partial charge in [0.1, 0.15) is 11.6 Å². The third-order valence-electron chi connectivity index (χ3n) is 1.91. The predicted molar refractivity (Wildman–Crippen MR) is 56.1 cm³/mol. The number of nitrogens with zero attached hydrogens (tertiary/aromatic N) is 1. The monoisotopic (exact) mass is 255 g/mol. The summed E-state index contributed by atoms with van der Waals surface area (Å²) in [5, 5.41) is 6.30. The highest BCUT2D eigenvalue weighted by Crippen LogP contribution is 2.29. The van der Waals surface area contributed by atoms with Gasteiger partial charge in [0.05, 0.1) is 10.7 Å². The van der Waals surface area contributed by atoms with Crippen LogP contribution in [0.15, 0.2) is 28.9 Å². The van der Waals surface area contributed by atoms with Gasteiger partial charge in [-0.05, 0) is 22.0 Å². The van der Waals surface area contributed by atoms with Gasteiger partial charge in [-0.3, -0.25) is 5.10 Å². The van der Waals surface area contributed by atoms with Crippen molar-refractivity contribution in [2.45, 2.75) is 0 Å². The van der Waals surface area contributed by atoms with E-state index in [1.807, 2.05) is 0 Å². The van der Waals surface area contributed by atoms with Crippen LogP contribution in [0, 0.1) is 5.82 Å². The minimum atomic E-state index is -0.333. The summed E-state index contributed by atoms with van der Waals surface area (Å²) in [6.45, 7) is 0. The maximum absolute atomic E-state index is 13.6. The number of nitrogens with two attached hydrogens (primary N) is 1. The second-order valence-corrected chi connectivity index (χ2v) is 3.65. The van der Waals surface area contributed by atoms with Gasteiger partial charge >= 0.3 is 0 Å². The summed E-state index contributed by atoms with van der Waals surface area (Å²) in [5.74, 6) is 0.0302. The fourth-order valence-corrected chi connectivity index (χ4v) is 1.59. The number of benzene rings is 1. The highest BCUT2D eigenvalue weighted by Gasteiger charge is 2.11. The number of halogens is 2. The van der Waals surface area contributed by atoms with Crippen molar-refractivity contribution < 1.29 is 4.39 Å². The number of nitrogen functional groups attached to an aromatic ring is 1. The Balaban J connectivity index is 2.63. The van der Waals surface area contributed by atoms with Crippen LogP contribution >= 0.6 is 15.9 Å². The zero-order valence-electron chi connectivity index (χ0n) is 7.09. The van der Waals surface area contributed by atoms with Crippen LogP contribution in [-0.2, 0) is 0 Å². The summed E-state index contributed by atoms with van der Waals surface area (Å²) in [5.41, 5.74) is 6.60. The van der Waals surface area contributed by atoms with Crippen LogP contribution in [0.2, 0.25) is 0 Å². The zero-order valence-corrected chi connectivity index (χ0v) is 8.68. The summed E-state index contributed by atoms with van der Waals surface area (Å²) in [6.07, 6.45) is 1.50. The van der Waals surface area contributed by atoms with Crippen LogP contribution in [-0.4, -0.2) is 10.2 Å². The maximum Gasteiger partial charge on any atom is 0.145 e. The van der Waals surface area contributed by atoms with Crippen molar-refractivity contribution in [3.8, 4) is 11.1 Å². The molecule has 1 aromatic heterocycles. The van der Waals surface area contributed by atoms with Gasteiger partial charge in [0.2, 0.25) is 0 Å². The van der Waals surface area contributed by atoms with Gasteiger partial charge in [-0.2, -0.15) is 5.10 Å². The van der Waals surface area contributed by atoms with E-state index in [0.717, 1.165) is 0 Å². The lowest BCUT2D eigenvalue weighted by atomic mass is 10.1. The van der Waals surface area contributed by atoms with Gasteiger partial charge in [-0.1, -0.05) is 12.1 Å². The molecular formula is C9H7BrFN3. The summed E-state index contributed by atoms with van der Waals surface area (Å²) < 4.78 is 14.0. The first-order valence-electron chi connectivity index (χ1n) is 3.93. The molecule has 1 heterocycles. The lowest BCUT2D eigenvalue weighted by molar-refractivity contribution is 0.625. The van der Waals surface area contributed by atoms with Crippen molar-refractivity contribution >= 4 is 21.7 Å². The Kier molecular flexibility index (Phi) is 2.25. The molecule has 0 atom stereocenters. The van der Waals surface area contributed by atoms with Crippen molar-refractivity contribution in [3.05, 3.63) is 34.7 Å². The Labute approximate surface area is 88.3 Å². The molecule has 0 radical (unpaired) electrons. The molecular weight excluding hydrogens is 249 g/mol. The molecule has 0 unspecified atom stereocenters. The maximum atomic E-state index is 13.6. The molecule has 0 saturated heterocycles. The number of nitrogens with one attached hydrogen (secondary N) is 1. The molecule has 3 nitrogen and oxygen atoms in total. The number of aromatic amines is 1. The average molecular weight is 256 g/mol. The molecule has 14 heavy (non-hydrogen) atoms.